The van der Waals surface area contributed by atoms with Crippen LogP contribution in [0.15, 0.2) is 0 Å². The average molecular weight is 271 g/mol. The number of aldehydes is 1. The number of ether oxygens (including phenoxy) is 3. The Kier molecular flexibility index (Phi) is 3.82. The largest absolute Gasteiger partial charge is 0.444 e. The van der Waals surface area contributed by atoms with E-state index in [0.29, 0.717) is 32.6 Å². The normalized spacial score (nSPS) is 26.5. The summed E-state index contributed by atoms with van der Waals surface area (Å²) in [6.45, 7) is 6.88. The van der Waals surface area contributed by atoms with Gasteiger partial charge in [-0.1, -0.05) is 0 Å². The molecular formula is C13H21NO5. The molecule has 1 spiro atoms. The number of carbonyl (C=O) groups is 2. The molecule has 0 radical (unpaired) electrons. The summed E-state index contributed by atoms with van der Waals surface area (Å²) in [5.74, 6) is -0.690. The zero-order valence-electron chi connectivity index (χ0n) is 11.7. The van der Waals surface area contributed by atoms with Gasteiger partial charge in [0.15, 0.2) is 5.79 Å². The lowest BCUT2D eigenvalue weighted by Crippen LogP contribution is -2.54. The SMILES string of the molecule is CC(C)(C)OC(=O)N1CCC2(C[C@H]1C=O)OCCO2. The van der Waals surface area contributed by atoms with Gasteiger partial charge in [-0.3, -0.25) is 4.90 Å². The highest BCUT2D eigenvalue weighted by molar-refractivity contribution is 5.74. The molecule has 0 aromatic heterocycles. The van der Waals surface area contributed by atoms with Gasteiger partial charge in [0.05, 0.1) is 19.3 Å². The Morgan fingerprint density at radius 2 is 2.00 bits per heavy atom. The topological polar surface area (TPSA) is 65.1 Å². The summed E-state index contributed by atoms with van der Waals surface area (Å²) in [5, 5.41) is 0. The number of carbonyl (C=O) groups excluding carboxylic acids is 2. The quantitative estimate of drug-likeness (QED) is 0.673. The van der Waals surface area contributed by atoms with Crippen molar-refractivity contribution in [1.82, 2.24) is 4.90 Å². The van der Waals surface area contributed by atoms with E-state index in [1.165, 1.54) is 4.90 Å². The van der Waals surface area contributed by atoms with Gasteiger partial charge in [-0.2, -0.15) is 0 Å². The second-order valence-electron chi connectivity index (χ2n) is 5.94. The van der Waals surface area contributed by atoms with E-state index in [4.69, 9.17) is 14.2 Å². The van der Waals surface area contributed by atoms with Gasteiger partial charge in [0, 0.05) is 19.4 Å². The van der Waals surface area contributed by atoms with Crippen LogP contribution in [-0.2, 0) is 19.0 Å². The minimum absolute atomic E-state index is 0.371. The lowest BCUT2D eigenvalue weighted by Gasteiger charge is -2.41. The van der Waals surface area contributed by atoms with Crippen LogP contribution in [0.1, 0.15) is 33.6 Å². The maximum atomic E-state index is 12.0. The number of hydrogen-bond donors (Lipinski definition) is 0. The van der Waals surface area contributed by atoms with E-state index < -0.39 is 23.5 Å². The molecule has 0 N–H and O–H groups in total. The smallest absolute Gasteiger partial charge is 0.410 e. The highest BCUT2D eigenvalue weighted by atomic mass is 16.7. The molecule has 0 bridgehead atoms. The van der Waals surface area contributed by atoms with Crippen molar-refractivity contribution >= 4 is 12.4 Å². The van der Waals surface area contributed by atoms with Crippen LogP contribution >= 0.6 is 0 Å². The molecule has 2 aliphatic heterocycles. The maximum absolute atomic E-state index is 12.0. The summed E-state index contributed by atoms with van der Waals surface area (Å²) in [6.07, 6.45) is 1.24. The summed E-state index contributed by atoms with van der Waals surface area (Å²) >= 11 is 0. The molecule has 6 heteroatoms. The zero-order valence-corrected chi connectivity index (χ0v) is 11.7. The van der Waals surface area contributed by atoms with Gasteiger partial charge in [0.1, 0.15) is 11.9 Å². The van der Waals surface area contributed by atoms with E-state index in [0.717, 1.165) is 6.29 Å². The van der Waals surface area contributed by atoms with Crippen LogP contribution in [0, 0.1) is 0 Å². The molecule has 6 nitrogen and oxygen atoms in total. The van der Waals surface area contributed by atoms with Crippen LogP contribution < -0.4 is 0 Å². The van der Waals surface area contributed by atoms with Crippen LogP contribution in [0.2, 0.25) is 0 Å². The first-order chi connectivity index (χ1) is 8.85. The average Bonchev–Trinajstić information content (AvgIpc) is 2.75. The third kappa shape index (κ3) is 3.25. The molecule has 19 heavy (non-hydrogen) atoms. The number of nitrogens with zero attached hydrogens (tertiary/aromatic N) is 1. The van der Waals surface area contributed by atoms with Crippen molar-refractivity contribution in [2.24, 2.45) is 0 Å². The summed E-state index contributed by atoms with van der Waals surface area (Å²) in [7, 11) is 0. The molecule has 0 aliphatic carbocycles. The van der Waals surface area contributed by atoms with E-state index in [2.05, 4.69) is 0 Å². The Morgan fingerprint density at radius 3 is 2.53 bits per heavy atom. The minimum Gasteiger partial charge on any atom is -0.444 e. The fraction of sp³-hybridized carbons (Fsp3) is 0.846. The van der Waals surface area contributed by atoms with Crippen molar-refractivity contribution < 1.29 is 23.8 Å². The van der Waals surface area contributed by atoms with Gasteiger partial charge < -0.3 is 19.0 Å². The van der Waals surface area contributed by atoms with Gasteiger partial charge in [-0.25, -0.2) is 4.79 Å². The Labute approximate surface area is 113 Å². The van der Waals surface area contributed by atoms with Crippen LogP contribution in [0.4, 0.5) is 4.79 Å². The number of amides is 1. The molecule has 108 valence electrons. The predicted molar refractivity (Wildman–Crippen MR) is 66.7 cm³/mol. The molecule has 1 amide bonds. The van der Waals surface area contributed by atoms with Crippen molar-refractivity contribution in [3.8, 4) is 0 Å². The third-order valence-corrected chi connectivity index (χ3v) is 3.25. The standard InChI is InChI=1S/C13H21NO5/c1-12(2,3)19-11(16)14-5-4-13(8-10(14)9-15)17-6-7-18-13/h9-10H,4-8H2,1-3H3/t10-/m0/s1. The minimum atomic E-state index is -0.690. The van der Waals surface area contributed by atoms with Gasteiger partial charge in [0.25, 0.3) is 0 Å². The molecule has 0 unspecified atom stereocenters. The van der Waals surface area contributed by atoms with Crippen LogP contribution in [-0.4, -0.2) is 54.5 Å². The number of rotatable bonds is 1. The van der Waals surface area contributed by atoms with E-state index in [-0.39, 0.29) is 0 Å². The van der Waals surface area contributed by atoms with Crippen LogP contribution in [0.5, 0.6) is 0 Å². The summed E-state index contributed by atoms with van der Waals surface area (Å²) in [6, 6.07) is -0.554. The Bertz CT molecular complexity index is 357. The Balaban J connectivity index is 2.03. The van der Waals surface area contributed by atoms with Crippen molar-refractivity contribution in [2.75, 3.05) is 19.8 Å². The highest BCUT2D eigenvalue weighted by Crippen LogP contribution is 2.34. The fourth-order valence-electron chi connectivity index (χ4n) is 2.42. The molecule has 2 saturated heterocycles. The van der Waals surface area contributed by atoms with Gasteiger partial charge >= 0.3 is 6.09 Å². The van der Waals surface area contributed by atoms with Crippen molar-refractivity contribution in [3.63, 3.8) is 0 Å². The lowest BCUT2D eigenvalue weighted by atomic mass is 9.97. The zero-order chi connectivity index (χ0) is 14.1. The summed E-state index contributed by atoms with van der Waals surface area (Å²) in [4.78, 5) is 24.7. The molecule has 2 aliphatic rings. The number of piperidine rings is 1. The highest BCUT2D eigenvalue weighted by Gasteiger charge is 2.46. The molecule has 2 fully saturated rings. The van der Waals surface area contributed by atoms with Gasteiger partial charge in [-0.15, -0.1) is 0 Å². The van der Waals surface area contributed by atoms with Crippen LogP contribution in [0.3, 0.4) is 0 Å². The van der Waals surface area contributed by atoms with E-state index in [9.17, 15) is 9.59 Å². The first kappa shape index (κ1) is 14.3. The van der Waals surface area contributed by atoms with Gasteiger partial charge in [-0.05, 0) is 20.8 Å². The number of likely N-dealkylation sites (tertiary alicyclic amines) is 1. The summed E-state index contributed by atoms with van der Waals surface area (Å²) in [5.41, 5.74) is -0.569. The fourth-order valence-corrected chi connectivity index (χ4v) is 2.42. The molecule has 0 aromatic rings. The Hall–Kier alpha value is -1.14. The first-order valence-electron chi connectivity index (χ1n) is 6.58. The molecule has 0 aromatic carbocycles. The van der Waals surface area contributed by atoms with E-state index in [1.54, 1.807) is 20.8 Å². The van der Waals surface area contributed by atoms with Crippen molar-refractivity contribution in [1.29, 1.82) is 0 Å². The predicted octanol–water partition coefficient (Wildman–Crippen LogP) is 1.33. The third-order valence-electron chi connectivity index (χ3n) is 3.25. The second-order valence-corrected chi connectivity index (χ2v) is 5.94. The van der Waals surface area contributed by atoms with E-state index >= 15 is 0 Å². The Morgan fingerprint density at radius 1 is 1.37 bits per heavy atom. The molecule has 2 rings (SSSR count). The first-order valence-corrected chi connectivity index (χ1v) is 6.58. The summed E-state index contributed by atoms with van der Waals surface area (Å²) < 4.78 is 16.5. The van der Waals surface area contributed by atoms with Gasteiger partial charge in [0.2, 0.25) is 0 Å². The molecule has 2 heterocycles. The van der Waals surface area contributed by atoms with Crippen molar-refractivity contribution in [2.45, 2.75) is 51.0 Å². The monoisotopic (exact) mass is 271 g/mol. The van der Waals surface area contributed by atoms with E-state index in [1.807, 2.05) is 0 Å². The van der Waals surface area contributed by atoms with Crippen LogP contribution in [0.25, 0.3) is 0 Å². The second kappa shape index (κ2) is 5.09. The maximum Gasteiger partial charge on any atom is 0.410 e. The van der Waals surface area contributed by atoms with Crippen molar-refractivity contribution in [3.05, 3.63) is 0 Å². The number of hydrogen-bond acceptors (Lipinski definition) is 5. The molecule has 1 atom stereocenters. The molecular weight excluding hydrogens is 250 g/mol. The lowest BCUT2D eigenvalue weighted by molar-refractivity contribution is -0.193. The molecule has 0 saturated carbocycles.